The lowest BCUT2D eigenvalue weighted by atomic mass is 10.1. The number of aromatic nitrogens is 3. The molecule has 0 saturated carbocycles. The van der Waals surface area contributed by atoms with Crippen molar-refractivity contribution >= 4 is 5.91 Å². The molecule has 7 nitrogen and oxygen atoms in total. The van der Waals surface area contributed by atoms with E-state index in [-0.39, 0.29) is 18.1 Å². The van der Waals surface area contributed by atoms with Crippen molar-refractivity contribution in [3.05, 3.63) is 41.4 Å². The van der Waals surface area contributed by atoms with Gasteiger partial charge in [0.15, 0.2) is 6.10 Å². The molecule has 1 fully saturated rings. The van der Waals surface area contributed by atoms with Crippen LogP contribution in [0.2, 0.25) is 0 Å². The average molecular weight is 316 g/mol. The summed E-state index contributed by atoms with van der Waals surface area (Å²) in [6.45, 7) is 6.57. The fraction of sp³-hybridized carbons (Fsp3) is 0.500. The molecular weight excluding hydrogens is 296 g/mol. The lowest BCUT2D eigenvalue weighted by Crippen LogP contribution is -2.46. The third-order valence-corrected chi connectivity index (χ3v) is 3.76. The predicted octanol–water partition coefficient (Wildman–Crippen LogP) is 1.61. The van der Waals surface area contributed by atoms with E-state index in [0.717, 1.165) is 11.3 Å². The Morgan fingerprint density at radius 1 is 1.30 bits per heavy atom. The van der Waals surface area contributed by atoms with Crippen LogP contribution in [0.15, 0.2) is 22.7 Å². The molecule has 7 heteroatoms. The Morgan fingerprint density at radius 2 is 2.13 bits per heavy atom. The van der Waals surface area contributed by atoms with Crippen LogP contribution < -0.4 is 0 Å². The van der Waals surface area contributed by atoms with Gasteiger partial charge in [-0.15, -0.1) is 10.2 Å². The maximum absolute atomic E-state index is 12.6. The zero-order valence-corrected chi connectivity index (χ0v) is 13.5. The Bertz CT molecular complexity index is 683. The fourth-order valence-electron chi connectivity index (χ4n) is 2.62. The number of hydrogen-bond acceptors (Lipinski definition) is 6. The van der Waals surface area contributed by atoms with Crippen LogP contribution in [0, 0.1) is 13.8 Å². The van der Waals surface area contributed by atoms with Crippen molar-refractivity contribution in [2.24, 2.45) is 0 Å². The van der Waals surface area contributed by atoms with Gasteiger partial charge in [-0.1, -0.05) is 6.07 Å². The number of carbonyl (C=O) groups is 1. The van der Waals surface area contributed by atoms with E-state index in [1.165, 1.54) is 0 Å². The summed E-state index contributed by atoms with van der Waals surface area (Å²) in [5.74, 6) is 0.960. The maximum atomic E-state index is 12.6. The van der Waals surface area contributed by atoms with Crippen LogP contribution in [-0.4, -0.2) is 45.2 Å². The van der Waals surface area contributed by atoms with E-state index < -0.39 is 0 Å². The zero-order valence-electron chi connectivity index (χ0n) is 13.5. The van der Waals surface area contributed by atoms with Gasteiger partial charge >= 0.3 is 0 Å². The van der Waals surface area contributed by atoms with Crippen molar-refractivity contribution in [3.8, 4) is 0 Å². The molecule has 1 saturated heterocycles. The number of morpholine rings is 1. The van der Waals surface area contributed by atoms with Crippen molar-refractivity contribution in [1.82, 2.24) is 20.1 Å². The molecule has 1 amide bonds. The molecule has 2 atom stereocenters. The highest BCUT2D eigenvalue weighted by Crippen LogP contribution is 2.24. The van der Waals surface area contributed by atoms with Gasteiger partial charge in [0, 0.05) is 25.4 Å². The van der Waals surface area contributed by atoms with E-state index in [1.54, 1.807) is 18.0 Å². The Hall–Kier alpha value is -2.28. The van der Waals surface area contributed by atoms with Crippen molar-refractivity contribution in [3.63, 3.8) is 0 Å². The number of rotatable bonds is 3. The molecule has 3 rings (SSSR count). The van der Waals surface area contributed by atoms with E-state index in [1.807, 2.05) is 26.0 Å². The monoisotopic (exact) mass is 316 g/mol. The summed E-state index contributed by atoms with van der Waals surface area (Å²) in [7, 11) is 0. The molecule has 0 radical (unpaired) electrons. The number of aryl methyl sites for hydroxylation is 2. The SMILES string of the molecule is Cc1ccc(CC(=O)N2C[C@@H](C)O[C@@H](c3nnc(C)o3)C2)cn1. The smallest absolute Gasteiger partial charge is 0.247 e. The van der Waals surface area contributed by atoms with E-state index in [2.05, 4.69) is 15.2 Å². The van der Waals surface area contributed by atoms with E-state index >= 15 is 0 Å². The Balaban J connectivity index is 1.68. The second-order valence-electron chi connectivity index (χ2n) is 5.88. The number of nitrogens with zero attached hydrogens (tertiary/aromatic N) is 4. The minimum atomic E-state index is -0.375. The summed E-state index contributed by atoms with van der Waals surface area (Å²) in [5.41, 5.74) is 1.85. The lowest BCUT2D eigenvalue weighted by molar-refractivity contribution is -0.145. The van der Waals surface area contributed by atoms with Crippen LogP contribution in [0.3, 0.4) is 0 Å². The third kappa shape index (κ3) is 3.73. The normalized spacial score (nSPS) is 21.4. The molecule has 0 N–H and O–H groups in total. The average Bonchev–Trinajstić information content (AvgIpc) is 2.95. The first kappa shape index (κ1) is 15.6. The number of amides is 1. The van der Waals surface area contributed by atoms with Gasteiger partial charge < -0.3 is 14.1 Å². The van der Waals surface area contributed by atoms with Crippen LogP contribution in [0.4, 0.5) is 0 Å². The van der Waals surface area contributed by atoms with Gasteiger partial charge in [0.05, 0.1) is 19.1 Å². The van der Waals surface area contributed by atoms with E-state index in [0.29, 0.717) is 31.3 Å². The first-order chi connectivity index (χ1) is 11.0. The molecule has 3 heterocycles. The second kappa shape index (κ2) is 6.45. The third-order valence-electron chi connectivity index (χ3n) is 3.76. The molecule has 1 aliphatic rings. The van der Waals surface area contributed by atoms with E-state index in [9.17, 15) is 4.79 Å². The largest absolute Gasteiger partial charge is 0.423 e. The van der Waals surface area contributed by atoms with Crippen molar-refractivity contribution in [1.29, 1.82) is 0 Å². The minimum absolute atomic E-state index is 0.0482. The maximum Gasteiger partial charge on any atom is 0.247 e. The second-order valence-corrected chi connectivity index (χ2v) is 5.88. The molecule has 0 aromatic carbocycles. The number of pyridine rings is 1. The highest BCUT2D eigenvalue weighted by atomic mass is 16.5. The molecule has 0 bridgehead atoms. The highest BCUT2D eigenvalue weighted by Gasteiger charge is 2.32. The summed E-state index contributed by atoms with van der Waals surface area (Å²) >= 11 is 0. The fourth-order valence-corrected chi connectivity index (χ4v) is 2.62. The molecule has 0 spiro atoms. The summed E-state index contributed by atoms with van der Waals surface area (Å²) in [6, 6.07) is 3.84. The number of ether oxygens (including phenoxy) is 1. The Morgan fingerprint density at radius 3 is 2.78 bits per heavy atom. The molecule has 23 heavy (non-hydrogen) atoms. The van der Waals surface area contributed by atoms with Gasteiger partial charge in [0.1, 0.15) is 0 Å². The van der Waals surface area contributed by atoms with Crippen molar-refractivity contribution < 1.29 is 13.9 Å². The topological polar surface area (TPSA) is 81.4 Å². The number of hydrogen-bond donors (Lipinski definition) is 0. The standard InChI is InChI=1S/C16H20N4O3/c1-10-4-5-13(7-17-10)6-15(21)20-8-11(2)22-14(9-20)16-19-18-12(3)23-16/h4-5,7,11,14H,6,8-9H2,1-3H3/t11-,14-/m1/s1. The van der Waals surface area contributed by atoms with Crippen LogP contribution in [0.1, 0.15) is 36.1 Å². The molecule has 2 aromatic rings. The molecular formula is C16H20N4O3. The van der Waals surface area contributed by atoms with Gasteiger partial charge in [-0.2, -0.15) is 0 Å². The summed E-state index contributed by atoms with van der Waals surface area (Å²) in [4.78, 5) is 18.6. The Kier molecular flexibility index (Phi) is 4.38. The van der Waals surface area contributed by atoms with Gasteiger partial charge in [0.25, 0.3) is 0 Å². The lowest BCUT2D eigenvalue weighted by Gasteiger charge is -2.35. The van der Waals surface area contributed by atoms with E-state index in [4.69, 9.17) is 9.15 Å². The molecule has 1 aliphatic heterocycles. The number of carbonyl (C=O) groups excluding carboxylic acids is 1. The summed E-state index contributed by atoms with van der Waals surface area (Å²) in [6.07, 6.45) is 1.62. The van der Waals surface area contributed by atoms with Gasteiger partial charge in [-0.25, -0.2) is 0 Å². The minimum Gasteiger partial charge on any atom is -0.423 e. The molecule has 0 aliphatic carbocycles. The molecule has 2 aromatic heterocycles. The predicted molar refractivity (Wildman–Crippen MR) is 81.6 cm³/mol. The van der Waals surface area contributed by atoms with Gasteiger partial charge in [-0.3, -0.25) is 9.78 Å². The van der Waals surface area contributed by atoms with Crippen molar-refractivity contribution in [2.45, 2.75) is 39.4 Å². The summed E-state index contributed by atoms with van der Waals surface area (Å²) < 4.78 is 11.3. The van der Waals surface area contributed by atoms with Gasteiger partial charge in [-0.05, 0) is 25.5 Å². The molecule has 0 unspecified atom stereocenters. The highest BCUT2D eigenvalue weighted by molar-refractivity contribution is 5.78. The summed E-state index contributed by atoms with van der Waals surface area (Å²) in [5, 5.41) is 7.83. The Labute approximate surface area is 134 Å². The van der Waals surface area contributed by atoms with Gasteiger partial charge in [0.2, 0.25) is 17.7 Å². The van der Waals surface area contributed by atoms with Crippen LogP contribution in [0.5, 0.6) is 0 Å². The van der Waals surface area contributed by atoms with Crippen LogP contribution in [-0.2, 0) is 16.0 Å². The first-order valence-corrected chi connectivity index (χ1v) is 7.66. The zero-order chi connectivity index (χ0) is 16.4. The first-order valence-electron chi connectivity index (χ1n) is 7.66. The quantitative estimate of drug-likeness (QED) is 0.856. The van der Waals surface area contributed by atoms with Crippen LogP contribution in [0.25, 0.3) is 0 Å². The molecule has 122 valence electrons. The van der Waals surface area contributed by atoms with Crippen LogP contribution >= 0.6 is 0 Å². The van der Waals surface area contributed by atoms with Crippen molar-refractivity contribution in [2.75, 3.05) is 13.1 Å².